The number of fused-ring (bicyclic) bond motifs is 1. The van der Waals surface area contributed by atoms with Crippen LogP contribution in [0.2, 0.25) is 5.02 Å². The summed E-state index contributed by atoms with van der Waals surface area (Å²) in [5, 5.41) is 0.543. The third kappa shape index (κ3) is 5.53. The van der Waals surface area contributed by atoms with Gasteiger partial charge in [-0.1, -0.05) is 29.8 Å². The fourth-order valence-electron chi connectivity index (χ4n) is 4.43. The molecule has 0 radical (unpaired) electrons. The third-order valence-corrected chi connectivity index (χ3v) is 6.64. The highest BCUT2D eigenvalue weighted by atomic mass is 35.5. The number of carbonyl (C=O) groups is 1. The maximum absolute atomic E-state index is 13.3. The molecule has 1 fully saturated rings. The minimum atomic E-state index is 0.0137. The molecule has 5 rings (SSSR count). The highest BCUT2D eigenvalue weighted by Crippen LogP contribution is 2.33. The predicted octanol–water partition coefficient (Wildman–Crippen LogP) is 5.00. The summed E-state index contributed by atoms with van der Waals surface area (Å²) in [5.74, 6) is 2.90. The summed E-state index contributed by atoms with van der Waals surface area (Å²) in [5.41, 5.74) is 2.61. The van der Waals surface area contributed by atoms with Crippen molar-refractivity contribution in [2.75, 3.05) is 39.6 Å². The van der Waals surface area contributed by atoms with E-state index >= 15 is 0 Å². The van der Waals surface area contributed by atoms with E-state index in [1.54, 1.807) is 6.07 Å². The van der Waals surface area contributed by atoms with Crippen LogP contribution in [0.1, 0.15) is 28.4 Å². The molecule has 3 aromatic carbocycles. The molecule has 7 nitrogen and oxygen atoms in total. The lowest BCUT2D eigenvalue weighted by molar-refractivity contribution is 0.0628. The van der Waals surface area contributed by atoms with Gasteiger partial charge in [0.15, 0.2) is 11.5 Å². The van der Waals surface area contributed by atoms with Gasteiger partial charge in [-0.2, -0.15) is 0 Å². The van der Waals surface area contributed by atoms with Crippen molar-refractivity contribution < 1.29 is 23.7 Å². The second kappa shape index (κ2) is 11.1. The van der Waals surface area contributed by atoms with Crippen LogP contribution < -0.4 is 18.9 Å². The Bertz CT molecular complexity index is 1230. The van der Waals surface area contributed by atoms with Gasteiger partial charge in [0.25, 0.3) is 5.91 Å². The van der Waals surface area contributed by atoms with Crippen LogP contribution in [0.4, 0.5) is 0 Å². The molecule has 1 saturated heterocycles. The maximum atomic E-state index is 13.3. The summed E-state index contributed by atoms with van der Waals surface area (Å²) < 4.78 is 22.6. The highest BCUT2D eigenvalue weighted by molar-refractivity contribution is 6.32. The number of ether oxygens (including phenoxy) is 4. The largest absolute Gasteiger partial charge is 0.493 e. The monoisotopic (exact) mass is 508 g/mol. The van der Waals surface area contributed by atoms with E-state index in [1.807, 2.05) is 60.4 Å². The van der Waals surface area contributed by atoms with Gasteiger partial charge < -0.3 is 23.8 Å². The van der Waals surface area contributed by atoms with E-state index in [0.717, 1.165) is 36.7 Å². The van der Waals surface area contributed by atoms with Crippen LogP contribution in [0, 0.1) is 0 Å². The molecule has 0 aliphatic carbocycles. The Morgan fingerprint density at radius 2 is 1.72 bits per heavy atom. The lowest BCUT2D eigenvalue weighted by atomic mass is 10.1. The number of halogens is 1. The van der Waals surface area contributed by atoms with Gasteiger partial charge >= 0.3 is 0 Å². The standard InChI is InChI=1S/C28H29ClN2O5/c1-2-33-24-10-8-21(16-22(24)18-34-25-6-4-3-5-23(25)29)28(32)31-13-11-30(12-14-31)17-20-7-9-26-27(15-20)36-19-35-26/h3-10,15-16H,2,11-14,17-19H2,1H3. The Labute approximate surface area is 216 Å². The van der Waals surface area contributed by atoms with Gasteiger partial charge in [0.1, 0.15) is 18.1 Å². The zero-order valence-corrected chi connectivity index (χ0v) is 21.0. The van der Waals surface area contributed by atoms with Crippen LogP contribution in [-0.2, 0) is 13.2 Å². The van der Waals surface area contributed by atoms with Gasteiger partial charge in [0.05, 0.1) is 11.6 Å². The number of hydrogen-bond acceptors (Lipinski definition) is 6. The molecule has 3 aromatic rings. The molecule has 0 saturated carbocycles. The van der Waals surface area contributed by atoms with Crippen molar-refractivity contribution in [1.82, 2.24) is 9.80 Å². The van der Waals surface area contributed by atoms with Gasteiger partial charge in [-0.05, 0) is 55.0 Å². The average molecular weight is 509 g/mol. The van der Waals surface area contributed by atoms with Crippen molar-refractivity contribution >= 4 is 17.5 Å². The smallest absolute Gasteiger partial charge is 0.253 e. The molecule has 2 aliphatic heterocycles. The molecule has 188 valence electrons. The lowest BCUT2D eigenvalue weighted by Crippen LogP contribution is -2.48. The topological polar surface area (TPSA) is 60.5 Å². The van der Waals surface area contributed by atoms with Crippen LogP contribution in [0.5, 0.6) is 23.0 Å². The fourth-order valence-corrected chi connectivity index (χ4v) is 4.62. The van der Waals surface area contributed by atoms with Gasteiger partial charge in [-0.3, -0.25) is 9.69 Å². The van der Waals surface area contributed by atoms with Gasteiger partial charge in [0, 0.05) is 43.9 Å². The van der Waals surface area contributed by atoms with Crippen LogP contribution in [0.15, 0.2) is 60.7 Å². The number of hydrogen-bond donors (Lipinski definition) is 0. The van der Waals surface area contributed by atoms with E-state index < -0.39 is 0 Å². The number of amides is 1. The summed E-state index contributed by atoms with van der Waals surface area (Å²) in [6, 6.07) is 18.9. The van der Waals surface area contributed by atoms with E-state index in [0.29, 0.717) is 41.8 Å². The maximum Gasteiger partial charge on any atom is 0.253 e. The zero-order valence-electron chi connectivity index (χ0n) is 20.2. The van der Waals surface area contributed by atoms with Crippen LogP contribution in [0.25, 0.3) is 0 Å². The lowest BCUT2D eigenvalue weighted by Gasteiger charge is -2.35. The van der Waals surface area contributed by atoms with Crippen molar-refractivity contribution in [3.05, 3.63) is 82.4 Å². The number of piperazine rings is 1. The van der Waals surface area contributed by atoms with Crippen molar-refractivity contribution in [3.63, 3.8) is 0 Å². The third-order valence-electron chi connectivity index (χ3n) is 6.33. The summed E-state index contributed by atoms with van der Waals surface area (Å²) >= 11 is 6.23. The van der Waals surface area contributed by atoms with E-state index in [-0.39, 0.29) is 19.3 Å². The molecule has 8 heteroatoms. The minimum Gasteiger partial charge on any atom is -0.493 e. The van der Waals surface area contributed by atoms with Gasteiger partial charge in [-0.15, -0.1) is 0 Å². The minimum absolute atomic E-state index is 0.0137. The number of para-hydroxylation sites is 1. The van der Waals surface area contributed by atoms with Crippen LogP contribution in [-0.4, -0.2) is 55.3 Å². The number of nitrogens with zero attached hydrogens (tertiary/aromatic N) is 2. The Morgan fingerprint density at radius 3 is 2.53 bits per heavy atom. The van der Waals surface area contributed by atoms with E-state index in [2.05, 4.69) is 11.0 Å². The van der Waals surface area contributed by atoms with E-state index in [1.165, 1.54) is 5.56 Å². The predicted molar refractivity (Wildman–Crippen MR) is 137 cm³/mol. The summed E-state index contributed by atoms with van der Waals surface area (Å²) in [4.78, 5) is 17.6. The molecule has 0 unspecified atom stereocenters. The average Bonchev–Trinajstić information content (AvgIpc) is 3.37. The summed E-state index contributed by atoms with van der Waals surface area (Å²) in [6.07, 6.45) is 0. The Kier molecular flexibility index (Phi) is 7.49. The molecule has 0 spiro atoms. The SMILES string of the molecule is CCOc1ccc(C(=O)N2CCN(Cc3ccc4c(c3)OCO4)CC2)cc1COc1ccccc1Cl. The van der Waals surface area contributed by atoms with Crippen LogP contribution in [0.3, 0.4) is 0 Å². The molecular formula is C28H29ClN2O5. The first-order valence-electron chi connectivity index (χ1n) is 12.1. The van der Waals surface area contributed by atoms with Crippen molar-refractivity contribution in [2.24, 2.45) is 0 Å². The first-order chi connectivity index (χ1) is 17.6. The second-order valence-electron chi connectivity index (χ2n) is 8.73. The molecule has 0 bridgehead atoms. The molecular weight excluding hydrogens is 480 g/mol. The van der Waals surface area contributed by atoms with Crippen molar-refractivity contribution in [1.29, 1.82) is 0 Å². The van der Waals surface area contributed by atoms with Gasteiger partial charge in [0.2, 0.25) is 6.79 Å². The molecule has 0 N–H and O–H groups in total. The zero-order chi connectivity index (χ0) is 24.9. The molecule has 0 aromatic heterocycles. The normalized spacial score (nSPS) is 15.1. The van der Waals surface area contributed by atoms with Gasteiger partial charge in [-0.25, -0.2) is 0 Å². The first kappa shape index (κ1) is 24.3. The first-order valence-corrected chi connectivity index (χ1v) is 12.5. The fraction of sp³-hybridized carbons (Fsp3) is 0.321. The summed E-state index contributed by atoms with van der Waals surface area (Å²) in [6.45, 7) is 6.75. The quantitative estimate of drug-likeness (QED) is 0.426. The second-order valence-corrected chi connectivity index (χ2v) is 9.14. The number of rotatable bonds is 8. The molecule has 2 aliphatic rings. The molecule has 36 heavy (non-hydrogen) atoms. The molecule has 1 amide bonds. The Morgan fingerprint density at radius 1 is 0.917 bits per heavy atom. The van der Waals surface area contributed by atoms with E-state index in [9.17, 15) is 4.79 Å². The number of carbonyl (C=O) groups excluding carboxylic acids is 1. The Balaban J connectivity index is 1.21. The Hall–Kier alpha value is -3.42. The van der Waals surface area contributed by atoms with E-state index in [4.69, 9.17) is 30.5 Å². The molecule has 2 heterocycles. The number of benzene rings is 3. The highest BCUT2D eigenvalue weighted by Gasteiger charge is 2.24. The van der Waals surface area contributed by atoms with Crippen LogP contribution >= 0.6 is 11.6 Å². The van der Waals surface area contributed by atoms with Crippen molar-refractivity contribution in [3.8, 4) is 23.0 Å². The molecule has 0 atom stereocenters. The summed E-state index contributed by atoms with van der Waals surface area (Å²) in [7, 11) is 0. The van der Waals surface area contributed by atoms with Crippen molar-refractivity contribution in [2.45, 2.75) is 20.1 Å².